The number of amidine groups is 1. The number of urea groups is 1. The van der Waals surface area contributed by atoms with Gasteiger partial charge in [0.15, 0.2) is 6.61 Å². The van der Waals surface area contributed by atoms with Crippen LogP contribution < -0.4 is 10.6 Å². The van der Waals surface area contributed by atoms with Crippen LogP contribution in [0, 0.1) is 0 Å². The van der Waals surface area contributed by atoms with Crippen molar-refractivity contribution in [2.75, 3.05) is 25.4 Å². The lowest BCUT2D eigenvalue weighted by molar-refractivity contribution is -0.144. The molecule has 0 aromatic heterocycles. The third-order valence-electron chi connectivity index (χ3n) is 2.98. The first kappa shape index (κ1) is 17.7. The lowest BCUT2D eigenvalue weighted by Gasteiger charge is -2.26. The molecule has 0 bridgehead atoms. The Morgan fingerprint density at radius 3 is 2.79 bits per heavy atom. The Morgan fingerprint density at radius 1 is 1.33 bits per heavy atom. The molecule has 0 spiro atoms. The fourth-order valence-corrected chi connectivity index (χ4v) is 2.87. The third kappa shape index (κ3) is 4.65. The zero-order valence-electron chi connectivity index (χ0n) is 12.8. The first-order chi connectivity index (χ1) is 11.3. The Morgan fingerprint density at radius 2 is 2.08 bits per heavy atom. The van der Waals surface area contributed by atoms with Gasteiger partial charge in [-0.3, -0.25) is 10.1 Å². The van der Waals surface area contributed by atoms with Gasteiger partial charge in [-0.05, 0) is 19.1 Å². The lowest BCUT2D eigenvalue weighted by Crippen LogP contribution is -2.41. The van der Waals surface area contributed by atoms with E-state index < -0.39 is 34.5 Å². The van der Waals surface area contributed by atoms with Crippen LogP contribution in [0.5, 0.6) is 0 Å². The lowest BCUT2D eigenvalue weighted by atomic mass is 10.2. The number of nitrogens with one attached hydrogen (secondary N) is 2. The highest BCUT2D eigenvalue weighted by molar-refractivity contribution is 7.90. The topological polar surface area (TPSA) is 134 Å². The van der Waals surface area contributed by atoms with Gasteiger partial charge in [-0.15, -0.1) is 4.40 Å². The summed E-state index contributed by atoms with van der Waals surface area (Å²) < 4.78 is 31.2. The second-order valence-electron chi connectivity index (χ2n) is 4.83. The fraction of sp³-hybridized carbons (Fsp3) is 0.385. The monoisotopic (exact) mass is 356 g/mol. The molecule has 2 rings (SSSR count). The molecule has 11 heteroatoms. The van der Waals surface area contributed by atoms with Crippen LogP contribution in [0.1, 0.15) is 6.92 Å². The summed E-state index contributed by atoms with van der Waals surface area (Å²) in [5.41, 5.74) is 0.138. The molecule has 2 heterocycles. The highest BCUT2D eigenvalue weighted by Gasteiger charge is 2.25. The largest absolute Gasteiger partial charge is 0.452 e. The molecule has 0 unspecified atom stereocenters. The molecule has 0 atom stereocenters. The van der Waals surface area contributed by atoms with E-state index in [2.05, 4.69) is 9.71 Å². The van der Waals surface area contributed by atoms with Gasteiger partial charge in [0.25, 0.3) is 15.9 Å². The normalized spacial score (nSPS) is 18.0. The Bertz CT molecular complexity index is 752. The molecule has 0 radical (unpaired) electrons. The van der Waals surface area contributed by atoms with Gasteiger partial charge in [-0.25, -0.2) is 18.0 Å². The Kier molecular flexibility index (Phi) is 5.34. The maximum atomic E-state index is 11.9. The van der Waals surface area contributed by atoms with Crippen LogP contribution in [0.4, 0.5) is 4.79 Å². The van der Waals surface area contributed by atoms with E-state index in [4.69, 9.17) is 4.74 Å². The Balaban J connectivity index is 1.91. The fourth-order valence-electron chi connectivity index (χ4n) is 1.90. The minimum absolute atomic E-state index is 0.138. The molecule has 2 N–H and O–H groups in total. The SMILES string of the molecule is CCNC(=O)NC(=O)COC(=O)C1=CN2CCS(=O)(=O)N=C2C=C1. The van der Waals surface area contributed by atoms with Gasteiger partial charge in [-0.2, -0.15) is 0 Å². The maximum absolute atomic E-state index is 11.9. The highest BCUT2D eigenvalue weighted by atomic mass is 32.2. The summed E-state index contributed by atoms with van der Waals surface area (Å²) in [4.78, 5) is 36.0. The van der Waals surface area contributed by atoms with E-state index in [-0.39, 0.29) is 23.7 Å². The number of hydrogen-bond acceptors (Lipinski definition) is 7. The first-order valence-corrected chi connectivity index (χ1v) is 8.65. The molecule has 3 amide bonds. The summed E-state index contributed by atoms with van der Waals surface area (Å²) in [6, 6.07) is -0.675. The van der Waals surface area contributed by atoms with Crippen LogP contribution in [0.2, 0.25) is 0 Å². The number of hydrogen-bond donors (Lipinski definition) is 2. The van der Waals surface area contributed by atoms with Crippen molar-refractivity contribution in [2.45, 2.75) is 6.92 Å². The standard InChI is InChI=1S/C13H16N4O6S/c1-2-14-13(20)15-11(18)8-23-12(19)9-3-4-10-16-24(21,22)6-5-17(10)7-9/h3-4,7H,2,5-6,8H2,1H3,(H2,14,15,18,20). The van der Waals surface area contributed by atoms with Crippen LogP contribution in [-0.4, -0.2) is 62.5 Å². The van der Waals surface area contributed by atoms with Gasteiger partial charge in [0, 0.05) is 19.3 Å². The summed E-state index contributed by atoms with van der Waals surface area (Å²) in [6.45, 7) is 1.60. The molecular weight excluding hydrogens is 340 g/mol. The predicted octanol–water partition coefficient (Wildman–Crippen LogP) is -1.13. The second-order valence-corrected chi connectivity index (χ2v) is 6.59. The van der Waals surface area contributed by atoms with Gasteiger partial charge in [0.05, 0.1) is 11.3 Å². The quantitative estimate of drug-likeness (QED) is 0.609. The van der Waals surface area contributed by atoms with E-state index in [9.17, 15) is 22.8 Å². The number of nitrogens with zero attached hydrogens (tertiary/aromatic N) is 2. The molecule has 130 valence electrons. The van der Waals surface area contributed by atoms with E-state index >= 15 is 0 Å². The second kappa shape index (κ2) is 7.25. The number of rotatable bonds is 4. The van der Waals surface area contributed by atoms with Gasteiger partial charge in [0.2, 0.25) is 0 Å². The number of ether oxygens (including phenoxy) is 1. The van der Waals surface area contributed by atoms with Crippen LogP contribution in [-0.2, 0) is 24.3 Å². The van der Waals surface area contributed by atoms with E-state index in [0.29, 0.717) is 6.54 Å². The zero-order valence-corrected chi connectivity index (χ0v) is 13.6. The van der Waals surface area contributed by atoms with Crippen LogP contribution in [0.3, 0.4) is 0 Å². The summed E-state index contributed by atoms with van der Waals surface area (Å²) in [7, 11) is -3.47. The van der Waals surface area contributed by atoms with Crippen LogP contribution in [0.15, 0.2) is 28.3 Å². The van der Waals surface area contributed by atoms with E-state index in [0.717, 1.165) is 0 Å². The molecular formula is C13H16N4O6S. The maximum Gasteiger partial charge on any atom is 0.340 e. The number of sulfonamides is 1. The third-order valence-corrected chi connectivity index (χ3v) is 4.15. The van der Waals surface area contributed by atoms with Crippen LogP contribution in [0.25, 0.3) is 0 Å². The minimum Gasteiger partial charge on any atom is -0.452 e. The van der Waals surface area contributed by atoms with Crippen molar-refractivity contribution in [3.63, 3.8) is 0 Å². The predicted molar refractivity (Wildman–Crippen MR) is 83.3 cm³/mol. The van der Waals surface area contributed by atoms with Crippen molar-refractivity contribution in [2.24, 2.45) is 4.40 Å². The van der Waals surface area contributed by atoms with Crippen molar-refractivity contribution in [1.29, 1.82) is 0 Å². The number of carbonyl (C=O) groups is 3. The number of fused-ring (bicyclic) bond motifs is 1. The Labute approximate surface area is 138 Å². The molecule has 2 aliphatic heterocycles. The summed E-state index contributed by atoms with van der Waals surface area (Å²) in [5.74, 6) is -1.48. The van der Waals surface area contributed by atoms with Crippen molar-refractivity contribution >= 4 is 33.8 Å². The molecule has 2 aliphatic rings. The molecule has 0 saturated heterocycles. The summed E-state index contributed by atoms with van der Waals surface area (Å²) >= 11 is 0. The molecule has 24 heavy (non-hydrogen) atoms. The van der Waals surface area contributed by atoms with Crippen molar-refractivity contribution in [3.8, 4) is 0 Å². The van der Waals surface area contributed by atoms with Crippen molar-refractivity contribution in [1.82, 2.24) is 15.5 Å². The average Bonchev–Trinajstić information content (AvgIpc) is 2.51. The molecule has 0 aliphatic carbocycles. The summed E-state index contributed by atoms with van der Waals surface area (Å²) in [5, 5.41) is 4.36. The average molecular weight is 356 g/mol. The number of esters is 1. The van der Waals surface area contributed by atoms with E-state index in [1.807, 2.05) is 5.32 Å². The molecule has 0 saturated carbocycles. The number of imide groups is 1. The number of amides is 3. The van der Waals surface area contributed by atoms with Crippen molar-refractivity contribution < 1.29 is 27.5 Å². The molecule has 0 fully saturated rings. The zero-order chi connectivity index (χ0) is 17.7. The van der Waals surface area contributed by atoms with Crippen molar-refractivity contribution in [3.05, 3.63) is 23.9 Å². The van der Waals surface area contributed by atoms with Gasteiger partial charge >= 0.3 is 12.0 Å². The smallest absolute Gasteiger partial charge is 0.340 e. The van der Waals surface area contributed by atoms with E-state index in [1.165, 1.54) is 23.3 Å². The van der Waals surface area contributed by atoms with Crippen LogP contribution >= 0.6 is 0 Å². The number of carbonyl (C=O) groups excluding carboxylic acids is 3. The van der Waals surface area contributed by atoms with Gasteiger partial charge in [0.1, 0.15) is 5.84 Å². The molecule has 0 aromatic carbocycles. The van der Waals surface area contributed by atoms with Gasteiger partial charge < -0.3 is 15.0 Å². The first-order valence-electron chi connectivity index (χ1n) is 7.04. The Hall–Kier alpha value is -2.69. The van der Waals surface area contributed by atoms with Gasteiger partial charge in [-0.1, -0.05) is 0 Å². The summed E-state index contributed by atoms with van der Waals surface area (Å²) in [6.07, 6.45) is 4.12. The molecule has 0 aromatic rings. The molecule has 10 nitrogen and oxygen atoms in total. The highest BCUT2D eigenvalue weighted by Crippen LogP contribution is 2.16. The minimum atomic E-state index is -3.47. The van der Waals surface area contributed by atoms with E-state index in [1.54, 1.807) is 6.92 Å².